The van der Waals surface area contributed by atoms with Crippen molar-refractivity contribution in [2.75, 3.05) is 0 Å². The number of halogens is 2. The van der Waals surface area contributed by atoms with Gasteiger partial charge < -0.3 is 10.1 Å². The standard InChI is InChI=1S/C11H11F2NO2/c12-11(13)16-9-3-1-2-7(6-9)10(15)14-8-4-5-8/h1-3,6,8,11H,4-5H2,(H,14,15). The number of amides is 1. The van der Waals surface area contributed by atoms with Crippen molar-refractivity contribution in [2.24, 2.45) is 0 Å². The molecule has 0 aliphatic heterocycles. The zero-order valence-corrected chi connectivity index (χ0v) is 8.45. The molecule has 3 nitrogen and oxygen atoms in total. The zero-order valence-electron chi connectivity index (χ0n) is 8.45. The van der Waals surface area contributed by atoms with Crippen LogP contribution in [0.25, 0.3) is 0 Å². The average Bonchev–Trinajstić information content (AvgIpc) is 3.01. The van der Waals surface area contributed by atoms with Crippen molar-refractivity contribution >= 4 is 5.91 Å². The van der Waals surface area contributed by atoms with Crippen molar-refractivity contribution < 1.29 is 18.3 Å². The Kier molecular flexibility index (Phi) is 3.03. The van der Waals surface area contributed by atoms with Gasteiger partial charge in [0.05, 0.1) is 0 Å². The maximum atomic E-state index is 12.0. The number of hydrogen-bond donors (Lipinski definition) is 1. The van der Waals surface area contributed by atoms with Gasteiger partial charge in [-0.3, -0.25) is 4.79 Å². The Labute approximate surface area is 91.4 Å². The quantitative estimate of drug-likeness (QED) is 0.856. The molecule has 0 aromatic heterocycles. The third-order valence-electron chi connectivity index (χ3n) is 2.23. The van der Waals surface area contributed by atoms with Gasteiger partial charge in [-0.05, 0) is 31.0 Å². The number of carbonyl (C=O) groups excluding carboxylic acids is 1. The molecule has 1 aromatic carbocycles. The number of alkyl halides is 2. The highest BCUT2D eigenvalue weighted by Gasteiger charge is 2.23. The maximum Gasteiger partial charge on any atom is 0.387 e. The molecule has 2 rings (SSSR count). The maximum absolute atomic E-state index is 12.0. The molecule has 0 radical (unpaired) electrons. The number of nitrogens with one attached hydrogen (secondary N) is 1. The van der Waals surface area contributed by atoms with Gasteiger partial charge >= 0.3 is 6.61 Å². The van der Waals surface area contributed by atoms with E-state index in [0.29, 0.717) is 5.56 Å². The largest absolute Gasteiger partial charge is 0.435 e. The lowest BCUT2D eigenvalue weighted by molar-refractivity contribution is -0.0498. The van der Waals surface area contributed by atoms with E-state index in [2.05, 4.69) is 10.1 Å². The van der Waals surface area contributed by atoms with Gasteiger partial charge in [-0.2, -0.15) is 8.78 Å². The van der Waals surface area contributed by atoms with E-state index in [4.69, 9.17) is 0 Å². The lowest BCUT2D eigenvalue weighted by Gasteiger charge is -2.07. The minimum absolute atomic E-state index is 0.00144. The van der Waals surface area contributed by atoms with Crippen molar-refractivity contribution in [3.8, 4) is 5.75 Å². The first-order valence-corrected chi connectivity index (χ1v) is 5.01. The zero-order chi connectivity index (χ0) is 11.5. The molecular weight excluding hydrogens is 216 g/mol. The van der Waals surface area contributed by atoms with Gasteiger partial charge in [0.1, 0.15) is 5.75 Å². The molecule has 1 aliphatic rings. The summed E-state index contributed by atoms with van der Waals surface area (Å²) in [5, 5.41) is 2.77. The Morgan fingerprint density at radius 3 is 2.81 bits per heavy atom. The molecule has 1 saturated carbocycles. The van der Waals surface area contributed by atoms with E-state index in [1.807, 2.05) is 0 Å². The van der Waals surface area contributed by atoms with Gasteiger partial charge in [0.2, 0.25) is 0 Å². The lowest BCUT2D eigenvalue weighted by atomic mass is 10.2. The molecule has 0 bridgehead atoms. The molecule has 0 heterocycles. The van der Waals surface area contributed by atoms with Crippen LogP contribution in [-0.2, 0) is 0 Å². The molecule has 16 heavy (non-hydrogen) atoms. The monoisotopic (exact) mass is 227 g/mol. The molecule has 1 amide bonds. The second-order valence-electron chi connectivity index (χ2n) is 3.65. The summed E-state index contributed by atoms with van der Waals surface area (Å²) in [5.41, 5.74) is 0.338. The molecule has 5 heteroatoms. The predicted molar refractivity (Wildman–Crippen MR) is 53.6 cm³/mol. The Hall–Kier alpha value is -1.65. The first kappa shape index (κ1) is 10.9. The molecule has 86 valence electrons. The third-order valence-corrected chi connectivity index (χ3v) is 2.23. The van der Waals surface area contributed by atoms with Crippen molar-refractivity contribution in [3.05, 3.63) is 29.8 Å². The summed E-state index contributed by atoms with van der Waals surface area (Å²) in [4.78, 5) is 11.6. The molecule has 0 unspecified atom stereocenters. The Morgan fingerprint density at radius 2 is 2.19 bits per heavy atom. The molecule has 1 fully saturated rings. The second kappa shape index (κ2) is 4.47. The van der Waals surface area contributed by atoms with Crippen LogP contribution in [-0.4, -0.2) is 18.6 Å². The summed E-state index contributed by atoms with van der Waals surface area (Å²) in [7, 11) is 0. The Balaban J connectivity index is 2.04. The Morgan fingerprint density at radius 1 is 1.44 bits per heavy atom. The summed E-state index contributed by atoms with van der Waals surface area (Å²) in [6.45, 7) is -2.87. The second-order valence-corrected chi connectivity index (χ2v) is 3.65. The van der Waals surface area contributed by atoms with E-state index in [0.717, 1.165) is 12.8 Å². The summed E-state index contributed by atoms with van der Waals surface area (Å²) < 4.78 is 28.1. The van der Waals surface area contributed by atoms with Crippen molar-refractivity contribution in [1.29, 1.82) is 0 Å². The van der Waals surface area contributed by atoms with E-state index in [9.17, 15) is 13.6 Å². The first-order chi connectivity index (χ1) is 7.65. The van der Waals surface area contributed by atoms with E-state index >= 15 is 0 Å². The van der Waals surface area contributed by atoms with Gasteiger partial charge in [-0.1, -0.05) is 6.07 Å². The van der Waals surface area contributed by atoms with Gasteiger partial charge in [0.25, 0.3) is 5.91 Å². The Bertz CT molecular complexity index is 391. The number of rotatable bonds is 4. The molecular formula is C11H11F2NO2. The summed E-state index contributed by atoms with van der Waals surface area (Å²) >= 11 is 0. The predicted octanol–water partition coefficient (Wildman–Crippen LogP) is 2.18. The fraction of sp³-hybridized carbons (Fsp3) is 0.364. The molecule has 0 spiro atoms. The lowest BCUT2D eigenvalue weighted by Crippen LogP contribution is -2.25. The fourth-order valence-corrected chi connectivity index (χ4v) is 1.31. The number of carbonyl (C=O) groups is 1. The highest BCUT2D eigenvalue weighted by atomic mass is 19.3. The molecule has 0 atom stereocenters. The van der Waals surface area contributed by atoms with Crippen molar-refractivity contribution in [2.45, 2.75) is 25.5 Å². The first-order valence-electron chi connectivity index (χ1n) is 5.01. The summed E-state index contributed by atoms with van der Waals surface area (Å²) in [6.07, 6.45) is 1.97. The van der Waals surface area contributed by atoms with Gasteiger partial charge in [0, 0.05) is 11.6 Å². The topological polar surface area (TPSA) is 38.3 Å². The van der Waals surface area contributed by atoms with Crippen molar-refractivity contribution in [3.63, 3.8) is 0 Å². The number of hydrogen-bond acceptors (Lipinski definition) is 2. The minimum atomic E-state index is -2.87. The molecule has 0 saturated heterocycles. The van der Waals surface area contributed by atoms with Crippen LogP contribution in [0.1, 0.15) is 23.2 Å². The van der Waals surface area contributed by atoms with E-state index in [-0.39, 0.29) is 17.7 Å². The minimum Gasteiger partial charge on any atom is -0.435 e. The fourth-order valence-electron chi connectivity index (χ4n) is 1.31. The van der Waals surface area contributed by atoms with Crippen LogP contribution in [0.2, 0.25) is 0 Å². The van der Waals surface area contributed by atoms with E-state index < -0.39 is 6.61 Å². The van der Waals surface area contributed by atoms with Crippen LogP contribution in [0.15, 0.2) is 24.3 Å². The number of ether oxygens (including phenoxy) is 1. The van der Waals surface area contributed by atoms with E-state index in [1.165, 1.54) is 18.2 Å². The molecule has 1 aromatic rings. The molecule has 1 N–H and O–H groups in total. The normalized spacial score (nSPS) is 14.9. The average molecular weight is 227 g/mol. The van der Waals surface area contributed by atoms with Crippen LogP contribution in [0.3, 0.4) is 0 Å². The highest BCUT2D eigenvalue weighted by Crippen LogP contribution is 2.20. The highest BCUT2D eigenvalue weighted by molar-refractivity contribution is 5.94. The van der Waals surface area contributed by atoms with Crippen LogP contribution in [0.5, 0.6) is 5.75 Å². The van der Waals surface area contributed by atoms with Gasteiger partial charge in [-0.25, -0.2) is 0 Å². The molecule has 1 aliphatic carbocycles. The smallest absolute Gasteiger partial charge is 0.387 e. The summed E-state index contributed by atoms with van der Waals surface area (Å²) in [5.74, 6) is -0.249. The van der Waals surface area contributed by atoms with E-state index in [1.54, 1.807) is 6.07 Å². The third kappa shape index (κ3) is 2.92. The van der Waals surface area contributed by atoms with Crippen LogP contribution < -0.4 is 10.1 Å². The van der Waals surface area contributed by atoms with Crippen LogP contribution in [0, 0.1) is 0 Å². The van der Waals surface area contributed by atoms with Gasteiger partial charge in [0.15, 0.2) is 0 Å². The number of benzene rings is 1. The van der Waals surface area contributed by atoms with Crippen molar-refractivity contribution in [1.82, 2.24) is 5.32 Å². The SMILES string of the molecule is O=C(NC1CC1)c1cccc(OC(F)F)c1. The van der Waals surface area contributed by atoms with Gasteiger partial charge in [-0.15, -0.1) is 0 Å². The van der Waals surface area contributed by atoms with Crippen LogP contribution in [0.4, 0.5) is 8.78 Å². The summed E-state index contributed by atoms with van der Waals surface area (Å²) in [6, 6.07) is 6.02. The van der Waals surface area contributed by atoms with Crippen LogP contribution >= 0.6 is 0 Å².